The van der Waals surface area contributed by atoms with Crippen LogP contribution in [-0.2, 0) is 19.1 Å². The minimum Gasteiger partial charge on any atom is -0.496 e. The van der Waals surface area contributed by atoms with Crippen molar-refractivity contribution in [2.24, 2.45) is 17.8 Å². The van der Waals surface area contributed by atoms with E-state index >= 15 is 0 Å². The number of fused-ring (bicyclic) bond motifs is 2. The van der Waals surface area contributed by atoms with Gasteiger partial charge in [-0.1, -0.05) is 18.9 Å². The molecule has 10 heteroatoms. The van der Waals surface area contributed by atoms with Gasteiger partial charge in [0.15, 0.2) is 0 Å². The van der Waals surface area contributed by atoms with Gasteiger partial charge in [0.2, 0.25) is 11.8 Å². The van der Waals surface area contributed by atoms with Gasteiger partial charge in [0, 0.05) is 29.9 Å². The Morgan fingerprint density at radius 1 is 1.13 bits per heavy atom. The monoisotopic (exact) mass is 524 g/mol. The van der Waals surface area contributed by atoms with Crippen LogP contribution in [0, 0.1) is 17.8 Å². The maximum absolute atomic E-state index is 13.8. The Kier molecular flexibility index (Phi) is 7.58. The van der Waals surface area contributed by atoms with Gasteiger partial charge >= 0.3 is 5.97 Å². The fourth-order valence-corrected chi connectivity index (χ4v) is 6.55. The molecule has 204 valence electrons. The number of rotatable bonds is 7. The van der Waals surface area contributed by atoms with Crippen LogP contribution >= 0.6 is 0 Å². The first-order chi connectivity index (χ1) is 18.4. The van der Waals surface area contributed by atoms with E-state index < -0.39 is 18.1 Å². The van der Waals surface area contributed by atoms with Gasteiger partial charge in [-0.25, -0.2) is 4.79 Å². The molecule has 1 aromatic heterocycles. The van der Waals surface area contributed by atoms with Crippen LogP contribution in [0.25, 0.3) is 10.9 Å². The number of amides is 3. The number of nitrogens with zero attached hydrogens (tertiary/aromatic N) is 1. The molecule has 38 heavy (non-hydrogen) atoms. The van der Waals surface area contributed by atoms with E-state index in [9.17, 15) is 19.2 Å². The van der Waals surface area contributed by atoms with Crippen molar-refractivity contribution in [3.8, 4) is 5.75 Å². The number of carbonyl (C=O) groups excluding carboxylic acids is 4. The molecule has 2 saturated heterocycles. The normalized spacial score (nSPS) is 25.8. The summed E-state index contributed by atoms with van der Waals surface area (Å²) in [6.07, 6.45) is 5.52. The van der Waals surface area contributed by atoms with Crippen LogP contribution < -0.4 is 15.4 Å². The molecule has 2 aliphatic heterocycles. The standard InChI is InChI=1S/C28H36N4O6/c1-37-23-11-5-10-20-19(23)14-21(30-20)27(35)32-15-17-7-3-4-9-18(17)24(32)26(34)31-22(28(36)38-2)13-16-8-6-12-29-25(16)33/h5,10-11,14,16-18,22,24,30H,3-4,6-9,12-13,15H2,1-2H3,(H,29,33)(H,31,34)/t16-,17-,18-,22-,24-/m0/s1. The summed E-state index contributed by atoms with van der Waals surface area (Å²) in [5.74, 6) is -0.791. The van der Waals surface area contributed by atoms with E-state index in [2.05, 4.69) is 15.6 Å². The summed E-state index contributed by atoms with van der Waals surface area (Å²) in [5.41, 5.74) is 1.17. The number of ether oxygens (including phenoxy) is 2. The summed E-state index contributed by atoms with van der Waals surface area (Å²) in [6, 6.07) is 5.68. The van der Waals surface area contributed by atoms with Gasteiger partial charge in [0.1, 0.15) is 23.5 Å². The smallest absolute Gasteiger partial charge is 0.328 e. The van der Waals surface area contributed by atoms with E-state index in [-0.39, 0.29) is 41.9 Å². The summed E-state index contributed by atoms with van der Waals surface area (Å²) >= 11 is 0. The topological polar surface area (TPSA) is 130 Å². The molecule has 0 bridgehead atoms. The van der Waals surface area contributed by atoms with E-state index in [1.54, 1.807) is 18.1 Å². The van der Waals surface area contributed by atoms with Crippen LogP contribution in [0.15, 0.2) is 24.3 Å². The number of H-pyrrole nitrogens is 1. The van der Waals surface area contributed by atoms with Crippen LogP contribution in [0.5, 0.6) is 5.75 Å². The van der Waals surface area contributed by atoms with Gasteiger partial charge in [-0.2, -0.15) is 0 Å². The van der Waals surface area contributed by atoms with Crippen molar-refractivity contribution in [3.05, 3.63) is 30.0 Å². The number of carbonyl (C=O) groups is 4. The van der Waals surface area contributed by atoms with Gasteiger partial charge in [-0.15, -0.1) is 0 Å². The van der Waals surface area contributed by atoms with Gasteiger partial charge in [0.05, 0.1) is 14.2 Å². The van der Waals surface area contributed by atoms with Crippen LogP contribution in [0.3, 0.4) is 0 Å². The molecule has 1 saturated carbocycles. The van der Waals surface area contributed by atoms with Crippen LogP contribution in [0.4, 0.5) is 0 Å². The van der Waals surface area contributed by atoms with Crippen LogP contribution in [0.2, 0.25) is 0 Å². The molecule has 0 unspecified atom stereocenters. The van der Waals surface area contributed by atoms with E-state index in [0.29, 0.717) is 31.0 Å². The minimum atomic E-state index is -0.960. The zero-order valence-electron chi connectivity index (χ0n) is 22.0. The maximum Gasteiger partial charge on any atom is 0.328 e. The quantitative estimate of drug-likeness (QED) is 0.477. The SMILES string of the molecule is COC(=O)[C@H](C[C@@H]1CCCNC1=O)NC(=O)[C@@H]1[C@H]2CCCC[C@H]2CN1C(=O)c1cc2c(OC)cccc2[nH]1. The second-order valence-electron chi connectivity index (χ2n) is 10.7. The predicted octanol–water partition coefficient (Wildman–Crippen LogP) is 2.38. The maximum atomic E-state index is 13.8. The van der Waals surface area contributed by atoms with Gasteiger partial charge in [0.25, 0.3) is 5.91 Å². The number of hydrogen-bond acceptors (Lipinski definition) is 6. The number of piperidine rings is 1. The number of likely N-dealkylation sites (tertiary alicyclic amines) is 1. The highest BCUT2D eigenvalue weighted by Gasteiger charge is 2.49. The summed E-state index contributed by atoms with van der Waals surface area (Å²) in [6.45, 7) is 1.11. The predicted molar refractivity (Wildman–Crippen MR) is 139 cm³/mol. The molecule has 3 N–H and O–H groups in total. The Morgan fingerprint density at radius 2 is 1.95 bits per heavy atom. The summed E-state index contributed by atoms with van der Waals surface area (Å²) in [7, 11) is 2.86. The first-order valence-corrected chi connectivity index (χ1v) is 13.5. The van der Waals surface area contributed by atoms with Crippen molar-refractivity contribution in [3.63, 3.8) is 0 Å². The third kappa shape index (κ3) is 4.96. The number of benzene rings is 1. The average molecular weight is 525 g/mol. The summed E-state index contributed by atoms with van der Waals surface area (Å²) in [5, 5.41) is 6.50. The molecule has 3 heterocycles. The zero-order chi connectivity index (χ0) is 26.8. The largest absolute Gasteiger partial charge is 0.496 e. The van der Waals surface area contributed by atoms with Gasteiger partial charge in [-0.05, 0) is 62.1 Å². The Morgan fingerprint density at radius 3 is 2.71 bits per heavy atom. The lowest BCUT2D eigenvalue weighted by Crippen LogP contribution is -2.54. The first-order valence-electron chi connectivity index (χ1n) is 13.5. The third-order valence-corrected chi connectivity index (χ3v) is 8.47. The minimum absolute atomic E-state index is 0.0166. The van der Waals surface area contributed by atoms with Crippen LogP contribution in [0.1, 0.15) is 55.4 Å². The molecule has 0 spiro atoms. The Hall–Kier alpha value is -3.56. The van der Waals surface area contributed by atoms with Crippen molar-refractivity contribution >= 4 is 34.6 Å². The lowest BCUT2D eigenvalue weighted by Gasteiger charge is -2.31. The van der Waals surface area contributed by atoms with Crippen molar-refractivity contribution < 1.29 is 28.7 Å². The Bertz CT molecular complexity index is 1230. The number of hydrogen-bond donors (Lipinski definition) is 3. The number of esters is 1. The van der Waals surface area contributed by atoms with Crippen molar-refractivity contribution in [1.29, 1.82) is 0 Å². The van der Waals surface area contributed by atoms with E-state index in [1.807, 2.05) is 18.2 Å². The Labute approximate surface area is 221 Å². The molecular weight excluding hydrogens is 488 g/mol. The molecule has 5 rings (SSSR count). The van der Waals surface area contributed by atoms with E-state index in [0.717, 1.165) is 43.0 Å². The fourth-order valence-electron chi connectivity index (χ4n) is 6.55. The first kappa shape index (κ1) is 26.1. The summed E-state index contributed by atoms with van der Waals surface area (Å²) in [4.78, 5) is 57.5. The molecule has 3 fully saturated rings. The molecule has 1 aromatic carbocycles. The zero-order valence-corrected chi connectivity index (χ0v) is 22.0. The van der Waals surface area contributed by atoms with Crippen LogP contribution in [-0.4, -0.2) is 73.0 Å². The molecular formula is C28H36N4O6. The highest BCUT2D eigenvalue weighted by Crippen LogP contribution is 2.41. The number of aromatic amines is 1. The number of methoxy groups -OCH3 is 2. The van der Waals surface area contributed by atoms with Gasteiger partial charge < -0.3 is 30.0 Å². The number of aromatic nitrogens is 1. The van der Waals surface area contributed by atoms with Crippen molar-refractivity contribution in [2.45, 2.75) is 57.0 Å². The molecule has 3 amide bonds. The van der Waals surface area contributed by atoms with E-state index in [4.69, 9.17) is 9.47 Å². The summed E-state index contributed by atoms with van der Waals surface area (Å²) < 4.78 is 10.4. The van der Waals surface area contributed by atoms with Gasteiger partial charge in [-0.3, -0.25) is 14.4 Å². The lowest BCUT2D eigenvalue weighted by molar-refractivity contribution is -0.146. The molecule has 10 nitrogen and oxygen atoms in total. The number of nitrogens with one attached hydrogen (secondary N) is 3. The Balaban J connectivity index is 1.40. The second-order valence-corrected chi connectivity index (χ2v) is 10.7. The fraction of sp³-hybridized carbons (Fsp3) is 0.571. The van der Waals surface area contributed by atoms with Crippen molar-refractivity contribution in [1.82, 2.24) is 20.5 Å². The average Bonchev–Trinajstić information content (AvgIpc) is 3.55. The molecule has 2 aromatic rings. The molecule has 5 atom stereocenters. The highest BCUT2D eigenvalue weighted by atomic mass is 16.5. The van der Waals surface area contributed by atoms with E-state index in [1.165, 1.54) is 7.11 Å². The third-order valence-electron chi connectivity index (χ3n) is 8.47. The second kappa shape index (κ2) is 11.0. The molecule has 0 radical (unpaired) electrons. The van der Waals surface area contributed by atoms with Crippen molar-refractivity contribution in [2.75, 3.05) is 27.3 Å². The highest BCUT2D eigenvalue weighted by molar-refractivity contribution is 6.02. The molecule has 1 aliphatic carbocycles. The lowest BCUT2D eigenvalue weighted by atomic mass is 9.78. The molecule has 3 aliphatic rings.